The molecule has 1 aromatic heterocycles. The van der Waals surface area contributed by atoms with Crippen LogP contribution in [0.4, 0.5) is 5.95 Å². The van der Waals surface area contributed by atoms with E-state index < -0.39 is 0 Å². The summed E-state index contributed by atoms with van der Waals surface area (Å²) in [6, 6.07) is 9.93. The maximum absolute atomic E-state index is 5.47. The zero-order valence-corrected chi connectivity index (χ0v) is 10.1. The van der Waals surface area contributed by atoms with E-state index in [1.54, 1.807) is 4.68 Å². The molecule has 2 rings (SSSR count). The molecule has 16 heavy (non-hydrogen) atoms. The summed E-state index contributed by atoms with van der Waals surface area (Å²) in [7, 11) is 0. The zero-order valence-electron chi connectivity index (χ0n) is 8.51. The second kappa shape index (κ2) is 5.09. The molecule has 0 aliphatic heterocycles. The minimum absolute atomic E-state index is 0.232. The van der Waals surface area contributed by atoms with E-state index in [4.69, 9.17) is 10.5 Å². The van der Waals surface area contributed by atoms with Crippen LogP contribution in [0, 0.1) is 0 Å². The lowest BCUT2D eigenvalue weighted by atomic mass is 10.2. The lowest BCUT2D eigenvalue weighted by molar-refractivity contribution is 0.0545. The Morgan fingerprint density at radius 1 is 1.31 bits per heavy atom. The summed E-state index contributed by atoms with van der Waals surface area (Å²) in [4.78, 5) is 3.90. The summed E-state index contributed by atoms with van der Waals surface area (Å²) in [6.07, 6.45) is 0. The number of nitrogens with zero attached hydrogens (tertiary/aromatic N) is 3. The molecule has 0 spiro atoms. The van der Waals surface area contributed by atoms with Crippen molar-refractivity contribution in [3.8, 4) is 0 Å². The van der Waals surface area contributed by atoms with Crippen molar-refractivity contribution in [2.75, 3.05) is 5.73 Å². The summed E-state index contributed by atoms with van der Waals surface area (Å²) in [6.45, 7) is 0.854. The van der Waals surface area contributed by atoms with E-state index >= 15 is 0 Å². The zero-order chi connectivity index (χ0) is 11.4. The van der Waals surface area contributed by atoms with Crippen molar-refractivity contribution in [3.05, 3.63) is 40.6 Å². The molecule has 5 nitrogen and oxygen atoms in total. The topological polar surface area (TPSA) is 66.0 Å². The van der Waals surface area contributed by atoms with E-state index in [1.165, 1.54) is 0 Å². The van der Waals surface area contributed by atoms with E-state index in [1.807, 2.05) is 30.3 Å². The fourth-order valence-electron chi connectivity index (χ4n) is 1.25. The highest BCUT2D eigenvalue weighted by atomic mass is 79.9. The first-order valence-corrected chi connectivity index (χ1v) is 5.52. The monoisotopic (exact) mass is 282 g/mol. The molecule has 0 amide bonds. The smallest absolute Gasteiger partial charge is 0.240 e. The molecule has 0 fully saturated rings. The molecule has 2 aromatic rings. The van der Waals surface area contributed by atoms with Crippen LogP contribution in [-0.2, 0) is 18.1 Å². The van der Waals surface area contributed by atoms with Crippen molar-refractivity contribution in [3.63, 3.8) is 0 Å². The molecule has 0 radical (unpaired) electrons. The lowest BCUT2D eigenvalue weighted by Gasteiger charge is -2.04. The van der Waals surface area contributed by atoms with E-state index in [0.717, 1.165) is 5.56 Å². The molecule has 84 valence electrons. The molecular formula is C10H11BrN4O. The maximum atomic E-state index is 5.47. The van der Waals surface area contributed by atoms with Gasteiger partial charge in [-0.05, 0) is 21.5 Å². The van der Waals surface area contributed by atoms with Gasteiger partial charge in [0.25, 0.3) is 0 Å². The second-order valence-corrected chi connectivity index (χ2v) is 3.91. The van der Waals surface area contributed by atoms with Gasteiger partial charge in [0.2, 0.25) is 5.95 Å². The molecule has 0 saturated heterocycles. The van der Waals surface area contributed by atoms with Crippen molar-refractivity contribution in [1.82, 2.24) is 14.8 Å². The number of nitrogens with two attached hydrogens (primary N) is 1. The SMILES string of the molecule is Nc1nc(Br)n(COCc2ccccc2)n1. The Morgan fingerprint density at radius 3 is 2.69 bits per heavy atom. The van der Waals surface area contributed by atoms with Gasteiger partial charge in [0.15, 0.2) is 4.73 Å². The number of hydrogen-bond donors (Lipinski definition) is 1. The number of nitrogen functional groups attached to an aromatic ring is 1. The normalized spacial score (nSPS) is 10.6. The van der Waals surface area contributed by atoms with Crippen LogP contribution in [0.3, 0.4) is 0 Å². The van der Waals surface area contributed by atoms with Crippen LogP contribution in [0.15, 0.2) is 35.1 Å². The summed E-state index contributed by atoms with van der Waals surface area (Å²) in [5, 5.41) is 3.95. The van der Waals surface area contributed by atoms with Gasteiger partial charge >= 0.3 is 0 Å². The van der Waals surface area contributed by atoms with E-state index in [0.29, 0.717) is 18.1 Å². The van der Waals surface area contributed by atoms with Crippen LogP contribution >= 0.6 is 15.9 Å². The van der Waals surface area contributed by atoms with Crippen LogP contribution < -0.4 is 5.73 Å². The van der Waals surface area contributed by atoms with Gasteiger partial charge in [-0.1, -0.05) is 30.3 Å². The van der Waals surface area contributed by atoms with E-state index in [2.05, 4.69) is 26.0 Å². The number of benzene rings is 1. The van der Waals surface area contributed by atoms with Crippen LogP contribution in [-0.4, -0.2) is 14.8 Å². The molecule has 1 aromatic carbocycles. The number of aromatic nitrogens is 3. The molecule has 0 bridgehead atoms. The van der Waals surface area contributed by atoms with Gasteiger partial charge < -0.3 is 10.5 Å². The summed E-state index contributed by atoms with van der Waals surface area (Å²) in [5.41, 5.74) is 6.55. The van der Waals surface area contributed by atoms with Crippen LogP contribution in [0.25, 0.3) is 0 Å². The first-order chi connectivity index (χ1) is 7.75. The Labute approximate surface area is 101 Å². The van der Waals surface area contributed by atoms with Crippen molar-refractivity contribution >= 4 is 21.9 Å². The van der Waals surface area contributed by atoms with Crippen molar-refractivity contribution in [1.29, 1.82) is 0 Å². The third-order valence-corrected chi connectivity index (χ3v) is 2.55. The first-order valence-electron chi connectivity index (χ1n) is 4.73. The Kier molecular flexibility index (Phi) is 3.53. The summed E-state index contributed by atoms with van der Waals surface area (Å²) >= 11 is 3.23. The molecule has 1 heterocycles. The van der Waals surface area contributed by atoms with Crippen molar-refractivity contribution in [2.24, 2.45) is 0 Å². The standard InChI is InChI=1S/C10H11BrN4O/c11-9-13-10(12)14-15(9)7-16-6-8-4-2-1-3-5-8/h1-5H,6-7H2,(H2,12,14). The highest BCUT2D eigenvalue weighted by Crippen LogP contribution is 2.08. The van der Waals surface area contributed by atoms with Gasteiger partial charge in [0.1, 0.15) is 6.73 Å². The molecule has 2 N–H and O–H groups in total. The van der Waals surface area contributed by atoms with Gasteiger partial charge in [-0.25, -0.2) is 4.68 Å². The average molecular weight is 283 g/mol. The molecular weight excluding hydrogens is 272 g/mol. The summed E-state index contributed by atoms with van der Waals surface area (Å²) < 4.78 is 7.60. The Hall–Kier alpha value is -1.40. The fourth-order valence-corrected chi connectivity index (χ4v) is 1.61. The molecule has 0 unspecified atom stereocenters. The fraction of sp³-hybridized carbons (Fsp3) is 0.200. The Morgan fingerprint density at radius 2 is 2.06 bits per heavy atom. The first kappa shape index (κ1) is 11.1. The number of hydrogen-bond acceptors (Lipinski definition) is 4. The molecule has 0 aliphatic rings. The predicted octanol–water partition coefficient (Wildman–Crippen LogP) is 1.80. The number of rotatable bonds is 4. The highest BCUT2D eigenvalue weighted by Gasteiger charge is 2.03. The Bertz CT molecular complexity index is 457. The maximum Gasteiger partial charge on any atom is 0.240 e. The third-order valence-electron chi connectivity index (χ3n) is 1.97. The van der Waals surface area contributed by atoms with Crippen LogP contribution in [0.2, 0.25) is 0 Å². The minimum atomic E-state index is 0.232. The minimum Gasteiger partial charge on any atom is -0.366 e. The van der Waals surface area contributed by atoms with Gasteiger partial charge in [-0.2, -0.15) is 4.98 Å². The van der Waals surface area contributed by atoms with Crippen LogP contribution in [0.1, 0.15) is 5.56 Å². The summed E-state index contributed by atoms with van der Waals surface area (Å²) in [5.74, 6) is 0.232. The van der Waals surface area contributed by atoms with Gasteiger partial charge in [-0.3, -0.25) is 0 Å². The van der Waals surface area contributed by atoms with Crippen molar-refractivity contribution in [2.45, 2.75) is 13.3 Å². The van der Waals surface area contributed by atoms with Gasteiger partial charge in [0.05, 0.1) is 6.61 Å². The Balaban J connectivity index is 1.87. The lowest BCUT2D eigenvalue weighted by Crippen LogP contribution is -2.05. The predicted molar refractivity (Wildman–Crippen MR) is 63.4 cm³/mol. The largest absolute Gasteiger partial charge is 0.366 e. The second-order valence-electron chi connectivity index (χ2n) is 3.20. The molecule has 0 aliphatic carbocycles. The van der Waals surface area contributed by atoms with Gasteiger partial charge in [0, 0.05) is 0 Å². The number of halogens is 1. The molecule has 0 saturated carbocycles. The average Bonchev–Trinajstić information content (AvgIpc) is 2.59. The third kappa shape index (κ3) is 2.80. The highest BCUT2D eigenvalue weighted by molar-refractivity contribution is 9.10. The van der Waals surface area contributed by atoms with Crippen LogP contribution in [0.5, 0.6) is 0 Å². The van der Waals surface area contributed by atoms with Crippen molar-refractivity contribution < 1.29 is 4.74 Å². The molecule has 0 atom stereocenters. The van der Waals surface area contributed by atoms with Gasteiger partial charge in [-0.15, -0.1) is 5.10 Å². The quantitative estimate of drug-likeness (QED) is 0.929. The van der Waals surface area contributed by atoms with E-state index in [9.17, 15) is 0 Å². The molecule has 6 heteroatoms. The van der Waals surface area contributed by atoms with E-state index in [-0.39, 0.29) is 5.95 Å². The number of anilines is 1. The number of ether oxygens (including phenoxy) is 1.